The van der Waals surface area contributed by atoms with E-state index >= 15 is 0 Å². The van der Waals surface area contributed by atoms with Gasteiger partial charge in [0.25, 0.3) is 0 Å². The van der Waals surface area contributed by atoms with Crippen LogP contribution in [0.3, 0.4) is 0 Å². The summed E-state index contributed by atoms with van der Waals surface area (Å²) in [5.41, 5.74) is 5.40. The zero-order valence-corrected chi connectivity index (χ0v) is 14.2. The van der Waals surface area contributed by atoms with Gasteiger partial charge in [-0.25, -0.2) is 4.98 Å². The van der Waals surface area contributed by atoms with Crippen LogP contribution in [-0.2, 0) is 13.1 Å². The van der Waals surface area contributed by atoms with Gasteiger partial charge in [-0.15, -0.1) is 0 Å². The van der Waals surface area contributed by atoms with Crippen molar-refractivity contribution < 1.29 is 5.11 Å². The van der Waals surface area contributed by atoms with Gasteiger partial charge in [0, 0.05) is 30.9 Å². The molecule has 0 saturated carbocycles. The summed E-state index contributed by atoms with van der Waals surface area (Å²) in [4.78, 5) is 10.2. The lowest BCUT2D eigenvalue weighted by atomic mass is 9.90. The van der Waals surface area contributed by atoms with Gasteiger partial charge in [-0.2, -0.15) is 5.10 Å². The molecule has 3 heterocycles. The van der Waals surface area contributed by atoms with Crippen molar-refractivity contribution in [2.24, 2.45) is 0 Å². The molecule has 130 valence electrons. The van der Waals surface area contributed by atoms with E-state index in [1.54, 1.807) is 12.4 Å². The first kappa shape index (κ1) is 15.2. The van der Waals surface area contributed by atoms with Crippen LogP contribution >= 0.6 is 0 Å². The van der Waals surface area contributed by atoms with Gasteiger partial charge in [0.05, 0.1) is 28.9 Å². The Kier molecular flexibility index (Phi) is 3.50. The number of nitrogens with zero attached hydrogens (tertiary/aromatic N) is 3. The lowest BCUT2D eigenvalue weighted by Crippen LogP contribution is -2.34. The number of hydrogen-bond donors (Lipinski definition) is 3. The second kappa shape index (κ2) is 6.00. The van der Waals surface area contributed by atoms with Crippen molar-refractivity contribution in [3.8, 4) is 5.75 Å². The first-order chi connectivity index (χ1) is 12.8. The Morgan fingerprint density at radius 3 is 3.00 bits per heavy atom. The van der Waals surface area contributed by atoms with Crippen LogP contribution in [0.1, 0.15) is 28.6 Å². The molecule has 3 N–H and O–H groups in total. The highest BCUT2D eigenvalue weighted by atomic mass is 16.3. The van der Waals surface area contributed by atoms with Crippen LogP contribution in [-0.4, -0.2) is 36.7 Å². The first-order valence-electron chi connectivity index (χ1n) is 8.73. The Morgan fingerprint density at radius 1 is 1.15 bits per heavy atom. The van der Waals surface area contributed by atoms with E-state index in [9.17, 15) is 5.11 Å². The highest BCUT2D eigenvalue weighted by Gasteiger charge is 2.29. The number of para-hydroxylation sites is 1. The highest BCUT2D eigenvalue weighted by molar-refractivity contribution is 5.81. The molecule has 1 aliphatic heterocycles. The van der Waals surface area contributed by atoms with Crippen molar-refractivity contribution in [3.63, 3.8) is 0 Å². The Hall–Kier alpha value is -3.12. The maximum absolute atomic E-state index is 9.88. The monoisotopic (exact) mass is 345 g/mol. The summed E-state index contributed by atoms with van der Waals surface area (Å²) in [6.07, 6.45) is 1.76. The van der Waals surface area contributed by atoms with E-state index in [0.717, 1.165) is 53.2 Å². The lowest BCUT2D eigenvalue weighted by molar-refractivity contribution is 0.226. The smallest absolute Gasteiger partial charge is 0.115 e. The minimum atomic E-state index is 0.131. The van der Waals surface area contributed by atoms with Crippen molar-refractivity contribution in [1.82, 2.24) is 25.1 Å². The van der Waals surface area contributed by atoms with Gasteiger partial charge in [-0.05, 0) is 23.8 Å². The minimum absolute atomic E-state index is 0.131. The summed E-state index contributed by atoms with van der Waals surface area (Å²) < 4.78 is 0. The average molecular weight is 345 g/mol. The second-order valence-electron chi connectivity index (χ2n) is 6.80. The zero-order chi connectivity index (χ0) is 17.5. The number of phenolic OH excluding ortho intramolecular Hbond substituents is 1. The van der Waals surface area contributed by atoms with E-state index in [1.165, 1.54) is 0 Å². The van der Waals surface area contributed by atoms with E-state index in [-0.39, 0.29) is 11.7 Å². The third-order valence-corrected chi connectivity index (χ3v) is 5.10. The maximum Gasteiger partial charge on any atom is 0.115 e. The normalized spacial score (nSPS) is 17.5. The molecule has 1 aliphatic rings. The number of phenols is 1. The first-order valence-corrected chi connectivity index (χ1v) is 8.73. The summed E-state index contributed by atoms with van der Waals surface area (Å²) >= 11 is 0. The van der Waals surface area contributed by atoms with Crippen LogP contribution in [0, 0.1) is 0 Å². The van der Waals surface area contributed by atoms with Crippen LogP contribution in [0.2, 0.25) is 0 Å². The third-order valence-electron chi connectivity index (χ3n) is 5.10. The molecule has 1 unspecified atom stereocenters. The van der Waals surface area contributed by atoms with Gasteiger partial charge in [-0.3, -0.25) is 10.00 Å². The third kappa shape index (κ3) is 2.55. The van der Waals surface area contributed by atoms with Crippen molar-refractivity contribution in [2.75, 3.05) is 6.54 Å². The zero-order valence-electron chi connectivity index (χ0n) is 14.2. The molecule has 0 bridgehead atoms. The molecular formula is C20H19N5O. The number of imidazole rings is 1. The van der Waals surface area contributed by atoms with Crippen LogP contribution < -0.4 is 0 Å². The molecule has 1 atom stereocenters. The van der Waals surface area contributed by atoms with Gasteiger partial charge < -0.3 is 10.1 Å². The average Bonchev–Trinajstić information content (AvgIpc) is 3.28. The van der Waals surface area contributed by atoms with E-state index in [1.807, 2.05) is 30.3 Å². The van der Waals surface area contributed by atoms with Gasteiger partial charge in [0.15, 0.2) is 0 Å². The summed E-state index contributed by atoms with van der Waals surface area (Å²) in [6, 6.07) is 15.6. The molecule has 0 amide bonds. The molecule has 5 rings (SSSR count). The number of aromatic amines is 2. The largest absolute Gasteiger partial charge is 0.508 e. The number of aromatic nitrogens is 4. The van der Waals surface area contributed by atoms with E-state index < -0.39 is 0 Å². The van der Waals surface area contributed by atoms with Crippen LogP contribution in [0.15, 0.2) is 54.9 Å². The fourth-order valence-corrected chi connectivity index (χ4v) is 3.88. The molecule has 0 radical (unpaired) electrons. The van der Waals surface area contributed by atoms with Gasteiger partial charge in [-0.1, -0.05) is 30.3 Å². The van der Waals surface area contributed by atoms with E-state index in [4.69, 9.17) is 0 Å². The van der Waals surface area contributed by atoms with Crippen molar-refractivity contribution >= 4 is 10.9 Å². The van der Waals surface area contributed by atoms with Crippen LogP contribution in [0.25, 0.3) is 10.9 Å². The van der Waals surface area contributed by atoms with E-state index in [2.05, 4.69) is 37.2 Å². The summed E-state index contributed by atoms with van der Waals surface area (Å²) in [7, 11) is 0. The molecule has 2 aromatic heterocycles. The fraction of sp³-hybridized carbons (Fsp3) is 0.200. The van der Waals surface area contributed by atoms with Crippen LogP contribution in [0.5, 0.6) is 5.75 Å². The molecule has 26 heavy (non-hydrogen) atoms. The number of rotatable bonds is 3. The SMILES string of the molecule is Oc1cccc(C2CN(Cc3[nH]nc4ccccc34)Cc3[nH]cnc32)c1. The molecule has 0 fully saturated rings. The van der Waals surface area contributed by atoms with Crippen molar-refractivity contribution in [2.45, 2.75) is 19.0 Å². The molecule has 4 aromatic rings. The van der Waals surface area contributed by atoms with E-state index in [0.29, 0.717) is 0 Å². The molecular weight excluding hydrogens is 326 g/mol. The Morgan fingerprint density at radius 2 is 2.08 bits per heavy atom. The number of benzene rings is 2. The van der Waals surface area contributed by atoms with Crippen molar-refractivity contribution in [1.29, 1.82) is 0 Å². The number of H-pyrrole nitrogens is 2. The fourth-order valence-electron chi connectivity index (χ4n) is 3.88. The second-order valence-corrected chi connectivity index (χ2v) is 6.80. The quantitative estimate of drug-likeness (QED) is 0.533. The Balaban J connectivity index is 1.48. The topological polar surface area (TPSA) is 80.8 Å². The molecule has 6 heteroatoms. The summed E-state index contributed by atoms with van der Waals surface area (Å²) in [5, 5.41) is 18.6. The van der Waals surface area contributed by atoms with Crippen LogP contribution in [0.4, 0.5) is 0 Å². The molecule has 2 aromatic carbocycles. The molecule has 0 aliphatic carbocycles. The molecule has 6 nitrogen and oxygen atoms in total. The minimum Gasteiger partial charge on any atom is -0.508 e. The number of aromatic hydroxyl groups is 1. The predicted octanol–water partition coefficient (Wildman–Crippen LogP) is 3.14. The highest BCUT2D eigenvalue weighted by Crippen LogP contribution is 2.33. The molecule has 0 spiro atoms. The number of fused-ring (bicyclic) bond motifs is 2. The lowest BCUT2D eigenvalue weighted by Gasteiger charge is -2.32. The van der Waals surface area contributed by atoms with Gasteiger partial charge in [0.1, 0.15) is 5.75 Å². The summed E-state index contributed by atoms with van der Waals surface area (Å²) in [6.45, 7) is 2.45. The maximum atomic E-state index is 9.88. The molecule has 0 saturated heterocycles. The number of nitrogens with one attached hydrogen (secondary N) is 2. The standard InChI is InChI=1S/C20H19N5O/c26-14-5-3-4-13(8-14)16-9-25(11-19-20(16)22-12-21-19)10-18-15-6-1-2-7-17(15)23-24-18/h1-8,12,16,26H,9-11H2,(H,21,22)(H,23,24). The van der Waals surface area contributed by atoms with Gasteiger partial charge in [0.2, 0.25) is 0 Å². The Bertz CT molecular complexity index is 1070. The van der Waals surface area contributed by atoms with Gasteiger partial charge >= 0.3 is 0 Å². The summed E-state index contributed by atoms with van der Waals surface area (Å²) in [5.74, 6) is 0.419. The van der Waals surface area contributed by atoms with Crippen molar-refractivity contribution in [3.05, 3.63) is 77.5 Å². The number of hydrogen-bond acceptors (Lipinski definition) is 4. The predicted molar refractivity (Wildman–Crippen MR) is 98.7 cm³/mol. The Labute approximate surface area is 150 Å².